The van der Waals surface area contributed by atoms with E-state index < -0.39 is 73.2 Å². The van der Waals surface area contributed by atoms with Crippen molar-refractivity contribution in [2.45, 2.75) is 41.4 Å². The Kier molecular flexibility index (Phi) is 8.58. The number of carbonyl (C=O) groups is 2. The Morgan fingerprint density at radius 1 is 1.00 bits per heavy atom. The third kappa shape index (κ3) is 6.82. The number of imidazole rings is 1. The first kappa shape index (κ1) is 33.2. The van der Waals surface area contributed by atoms with Crippen LogP contribution in [0.2, 0.25) is 0 Å². The number of aromatic amines is 1. The highest BCUT2D eigenvalue weighted by molar-refractivity contribution is 8.23. The number of sulfonamides is 1. The molecule has 0 radical (unpaired) electrons. The lowest BCUT2D eigenvalue weighted by atomic mass is 10.0. The fraction of sp³-hybridized carbons (Fsp3) is 0.222. The molecule has 3 aromatic carbocycles. The number of nitrogens with one attached hydrogen (secondary N) is 2. The first-order chi connectivity index (χ1) is 21.4. The number of para-hydroxylation sites is 2. The highest BCUT2D eigenvalue weighted by Crippen LogP contribution is 2.56. The number of hydrogen-bond donors (Lipinski definition) is 4. The number of carbonyl (C=O) groups excluding carboxylic acids is 2. The molecule has 1 amide bonds. The summed E-state index contributed by atoms with van der Waals surface area (Å²) in [6.07, 6.45) is -11.3. The van der Waals surface area contributed by atoms with Crippen LogP contribution in [0.1, 0.15) is 40.2 Å². The topological polar surface area (TPSA) is 162 Å². The van der Waals surface area contributed by atoms with Gasteiger partial charge in [0.2, 0.25) is 5.91 Å². The standard InChI is InChI=1S/C27H22F6N4O7S2/c28-26(29,30)17-9-11-18(12-10-17)46(42,43)37(44-25(39)27(31,32)33)21(24-34-19-3-1-2-4-20(19)35-24)13-15-5-7-16(8-6-15)22-14-23(38)36-45(22,40)41/h1-12,21-22,40-41H,13-14H2,(H,34,35)(H,36,38)/t21-,22?/m0/s1. The van der Waals surface area contributed by atoms with Gasteiger partial charge in [0.1, 0.15) is 17.1 Å². The van der Waals surface area contributed by atoms with Gasteiger partial charge in [-0.3, -0.25) is 18.6 Å². The summed E-state index contributed by atoms with van der Waals surface area (Å²) in [5.41, 5.74) is -0.125. The summed E-state index contributed by atoms with van der Waals surface area (Å²) in [6, 6.07) is 11.7. The van der Waals surface area contributed by atoms with Crippen LogP contribution in [0.25, 0.3) is 11.0 Å². The van der Waals surface area contributed by atoms with Crippen LogP contribution in [0.4, 0.5) is 26.3 Å². The molecule has 2 heterocycles. The van der Waals surface area contributed by atoms with Gasteiger partial charge in [0.15, 0.2) is 0 Å². The number of amides is 1. The van der Waals surface area contributed by atoms with Crippen molar-refractivity contribution in [1.82, 2.24) is 19.2 Å². The molecule has 1 aromatic heterocycles. The SMILES string of the molecule is O=C1CC(c2ccc(C[C@@H](c3nc4ccccc4[nH]3)N(OC(=O)C(F)(F)F)S(=O)(=O)c3ccc(C(F)(F)F)cc3)cc2)S(O)(O)N1. The average molecular weight is 693 g/mol. The molecule has 1 aliphatic heterocycles. The third-order valence-electron chi connectivity index (χ3n) is 6.91. The Morgan fingerprint density at radius 2 is 1.63 bits per heavy atom. The molecule has 0 bridgehead atoms. The van der Waals surface area contributed by atoms with Gasteiger partial charge in [-0.05, 0) is 58.4 Å². The predicted octanol–water partition coefficient (Wildman–Crippen LogP) is 5.80. The zero-order chi connectivity index (χ0) is 33.7. The molecule has 11 nitrogen and oxygen atoms in total. The van der Waals surface area contributed by atoms with Crippen LogP contribution in [0.15, 0.2) is 77.7 Å². The molecular weight excluding hydrogens is 670 g/mol. The summed E-state index contributed by atoms with van der Waals surface area (Å²) in [7, 11) is -8.83. The molecule has 0 spiro atoms. The van der Waals surface area contributed by atoms with Gasteiger partial charge in [0.25, 0.3) is 10.0 Å². The summed E-state index contributed by atoms with van der Waals surface area (Å²) in [6.45, 7) is 0. The Bertz CT molecular complexity index is 1850. The molecule has 1 aliphatic rings. The number of alkyl halides is 6. The Balaban J connectivity index is 1.60. The van der Waals surface area contributed by atoms with Gasteiger partial charge in [0, 0.05) is 0 Å². The maximum atomic E-state index is 13.8. The molecule has 1 saturated heterocycles. The van der Waals surface area contributed by atoms with Crippen molar-refractivity contribution in [1.29, 1.82) is 0 Å². The first-order valence-electron chi connectivity index (χ1n) is 13.0. The van der Waals surface area contributed by atoms with Crippen LogP contribution >= 0.6 is 10.8 Å². The van der Waals surface area contributed by atoms with E-state index in [1.165, 1.54) is 36.4 Å². The van der Waals surface area contributed by atoms with E-state index in [0.717, 1.165) is 0 Å². The van der Waals surface area contributed by atoms with Crippen LogP contribution in [0.3, 0.4) is 0 Å². The number of hydroxylamine groups is 1. The van der Waals surface area contributed by atoms with Crippen LogP contribution < -0.4 is 4.72 Å². The van der Waals surface area contributed by atoms with Crippen molar-refractivity contribution in [3.63, 3.8) is 0 Å². The fourth-order valence-electron chi connectivity index (χ4n) is 4.70. The van der Waals surface area contributed by atoms with Crippen LogP contribution in [0, 0.1) is 0 Å². The third-order valence-corrected chi connectivity index (χ3v) is 10.3. The van der Waals surface area contributed by atoms with Crippen LogP contribution in [-0.4, -0.2) is 50.0 Å². The minimum atomic E-state index is -5.68. The lowest BCUT2D eigenvalue weighted by molar-refractivity contribution is -0.227. The quantitative estimate of drug-likeness (QED) is 0.133. The van der Waals surface area contributed by atoms with E-state index >= 15 is 0 Å². The first-order valence-corrected chi connectivity index (χ1v) is 16.0. The molecular formula is C27H22F6N4O7S2. The van der Waals surface area contributed by atoms with Crippen molar-refractivity contribution >= 4 is 43.7 Å². The normalized spacial score (nSPS) is 18.4. The molecule has 2 atom stereocenters. The molecule has 5 rings (SSSR count). The second-order valence-corrected chi connectivity index (χ2v) is 13.8. The van der Waals surface area contributed by atoms with E-state index in [1.54, 1.807) is 12.1 Å². The number of rotatable bonds is 8. The molecule has 0 aliphatic carbocycles. The minimum Gasteiger partial charge on any atom is -0.344 e. The van der Waals surface area contributed by atoms with Crippen LogP contribution in [0.5, 0.6) is 0 Å². The Hall–Kier alpha value is -4.17. The van der Waals surface area contributed by atoms with Crippen molar-refractivity contribution < 1.29 is 58.3 Å². The van der Waals surface area contributed by atoms with E-state index in [4.69, 9.17) is 0 Å². The fourth-order valence-corrected chi connectivity index (χ4v) is 7.54. The van der Waals surface area contributed by atoms with E-state index in [1.807, 2.05) is 0 Å². The number of nitrogens with zero attached hydrogens (tertiary/aromatic N) is 2. The summed E-state index contributed by atoms with van der Waals surface area (Å²) < 4.78 is 129. The molecule has 4 N–H and O–H groups in total. The maximum absolute atomic E-state index is 13.8. The monoisotopic (exact) mass is 692 g/mol. The van der Waals surface area contributed by atoms with Gasteiger partial charge in [-0.25, -0.2) is 18.2 Å². The number of halogens is 6. The molecule has 46 heavy (non-hydrogen) atoms. The highest BCUT2D eigenvalue weighted by Gasteiger charge is 2.47. The molecule has 0 saturated carbocycles. The lowest BCUT2D eigenvalue weighted by Gasteiger charge is -2.33. The van der Waals surface area contributed by atoms with E-state index in [2.05, 4.69) is 19.5 Å². The summed E-state index contributed by atoms with van der Waals surface area (Å²) in [5, 5.41) is -1.01. The van der Waals surface area contributed by atoms with Crippen LogP contribution in [-0.2, 0) is 37.0 Å². The van der Waals surface area contributed by atoms with E-state index in [0.29, 0.717) is 35.3 Å². The van der Waals surface area contributed by atoms with Gasteiger partial charge < -0.3 is 9.82 Å². The van der Waals surface area contributed by atoms with Gasteiger partial charge in [-0.2, -0.15) is 26.3 Å². The van der Waals surface area contributed by atoms with Gasteiger partial charge >= 0.3 is 18.3 Å². The van der Waals surface area contributed by atoms with Crippen molar-refractivity contribution in [3.8, 4) is 0 Å². The van der Waals surface area contributed by atoms with E-state index in [-0.39, 0.29) is 27.8 Å². The second-order valence-electron chi connectivity index (χ2n) is 10.1. The number of benzene rings is 3. The molecule has 19 heteroatoms. The minimum absolute atomic E-state index is 0.221. The smallest absolute Gasteiger partial charge is 0.344 e. The maximum Gasteiger partial charge on any atom is 0.492 e. The average Bonchev–Trinajstić information content (AvgIpc) is 3.53. The second kappa shape index (κ2) is 11.9. The molecule has 4 aromatic rings. The number of hydrogen-bond acceptors (Lipinski definition) is 8. The number of H-pyrrole nitrogens is 1. The lowest BCUT2D eigenvalue weighted by Crippen LogP contribution is -2.42. The molecule has 246 valence electrons. The zero-order valence-electron chi connectivity index (χ0n) is 22.9. The van der Waals surface area contributed by atoms with Gasteiger partial charge in [0.05, 0.1) is 27.9 Å². The van der Waals surface area contributed by atoms with Crippen molar-refractivity contribution in [2.24, 2.45) is 0 Å². The summed E-state index contributed by atoms with van der Waals surface area (Å²) in [4.78, 5) is 34.4. The Morgan fingerprint density at radius 3 is 2.17 bits per heavy atom. The predicted molar refractivity (Wildman–Crippen MR) is 150 cm³/mol. The Labute approximate surface area is 257 Å². The summed E-state index contributed by atoms with van der Waals surface area (Å²) in [5.74, 6) is -3.81. The van der Waals surface area contributed by atoms with Crippen molar-refractivity contribution in [3.05, 3.63) is 95.3 Å². The number of fused-ring (bicyclic) bond motifs is 1. The zero-order valence-corrected chi connectivity index (χ0v) is 24.5. The highest BCUT2D eigenvalue weighted by atomic mass is 32.3. The van der Waals surface area contributed by atoms with E-state index in [9.17, 15) is 53.5 Å². The number of aromatic nitrogens is 2. The van der Waals surface area contributed by atoms with Gasteiger partial charge in [-0.1, -0.05) is 36.4 Å². The van der Waals surface area contributed by atoms with Gasteiger partial charge in [-0.15, -0.1) is 10.8 Å². The molecule has 1 fully saturated rings. The summed E-state index contributed by atoms with van der Waals surface area (Å²) >= 11 is 0. The molecule has 1 unspecified atom stereocenters. The van der Waals surface area contributed by atoms with Crippen molar-refractivity contribution in [2.75, 3.05) is 0 Å². The largest absolute Gasteiger partial charge is 0.492 e.